The van der Waals surface area contributed by atoms with E-state index in [1.807, 2.05) is 38.1 Å². The van der Waals surface area contributed by atoms with Gasteiger partial charge in [-0.3, -0.25) is 19.0 Å². The van der Waals surface area contributed by atoms with E-state index < -0.39 is 0 Å². The Hall–Kier alpha value is -2.65. The van der Waals surface area contributed by atoms with Crippen LogP contribution in [0.1, 0.15) is 43.2 Å². The highest BCUT2D eigenvalue weighted by molar-refractivity contribution is 7.99. The fourth-order valence-corrected chi connectivity index (χ4v) is 6.62. The van der Waals surface area contributed by atoms with Crippen molar-refractivity contribution in [2.75, 3.05) is 17.6 Å². The number of aryl methyl sites for hydroxylation is 2. The minimum Gasteiger partial charge on any atom is -0.346 e. The maximum absolute atomic E-state index is 13.2. The van der Waals surface area contributed by atoms with Crippen LogP contribution >= 0.6 is 23.1 Å². The summed E-state index contributed by atoms with van der Waals surface area (Å²) < 4.78 is 1.65. The molecule has 34 heavy (non-hydrogen) atoms. The van der Waals surface area contributed by atoms with Gasteiger partial charge in [0.1, 0.15) is 4.83 Å². The quantitative estimate of drug-likeness (QED) is 0.362. The Labute approximate surface area is 207 Å². The standard InChI is InChI=1S/C25H30N4O3S2/c1-4-16-8-6-7-9-18(16)27-20(30)13-26-21(31)14-33-25-28-23-22(24(32)29(25)5-2)17-11-10-15(3)12-19(17)34-23/h6-9,15H,4-5,10-14H2,1-3H3,(H,26,31)(H,27,30). The van der Waals surface area contributed by atoms with Gasteiger partial charge >= 0.3 is 0 Å². The van der Waals surface area contributed by atoms with E-state index in [1.165, 1.54) is 22.2 Å². The van der Waals surface area contributed by atoms with E-state index in [2.05, 4.69) is 17.6 Å². The van der Waals surface area contributed by atoms with Crippen LogP contribution in [0.15, 0.2) is 34.2 Å². The fraction of sp³-hybridized carbons (Fsp3) is 0.440. The number of amides is 2. The molecule has 2 amide bonds. The minimum absolute atomic E-state index is 0.0172. The summed E-state index contributed by atoms with van der Waals surface area (Å²) in [7, 11) is 0. The van der Waals surface area contributed by atoms with E-state index in [0.717, 1.165) is 47.2 Å². The Morgan fingerprint density at radius 1 is 1.24 bits per heavy atom. The van der Waals surface area contributed by atoms with Crippen molar-refractivity contribution >= 4 is 50.8 Å². The third kappa shape index (κ3) is 5.20. The number of anilines is 1. The van der Waals surface area contributed by atoms with Gasteiger partial charge in [-0.1, -0.05) is 43.8 Å². The number of aromatic nitrogens is 2. The van der Waals surface area contributed by atoms with Gasteiger partial charge in [0.25, 0.3) is 5.56 Å². The molecule has 180 valence electrons. The molecule has 0 bridgehead atoms. The molecule has 1 aliphatic carbocycles. The van der Waals surface area contributed by atoms with Gasteiger partial charge in [0.15, 0.2) is 5.16 Å². The van der Waals surface area contributed by atoms with Crippen LogP contribution in [0.3, 0.4) is 0 Å². The van der Waals surface area contributed by atoms with Crippen molar-refractivity contribution < 1.29 is 9.59 Å². The molecule has 1 atom stereocenters. The lowest BCUT2D eigenvalue weighted by Gasteiger charge is -2.17. The SMILES string of the molecule is CCc1ccccc1NC(=O)CNC(=O)CSc1nc2sc3c(c2c(=O)n1CC)CCC(C)C3. The first-order valence-electron chi connectivity index (χ1n) is 11.7. The Kier molecular flexibility index (Phi) is 7.73. The van der Waals surface area contributed by atoms with Crippen molar-refractivity contribution in [2.24, 2.45) is 5.92 Å². The Morgan fingerprint density at radius 3 is 2.79 bits per heavy atom. The van der Waals surface area contributed by atoms with Crippen LogP contribution in [-0.2, 0) is 35.4 Å². The van der Waals surface area contributed by atoms with Gasteiger partial charge in [0.05, 0.1) is 17.7 Å². The number of hydrogen-bond acceptors (Lipinski definition) is 6. The fourth-order valence-electron chi connectivity index (χ4n) is 4.30. The van der Waals surface area contributed by atoms with Gasteiger partial charge in [0, 0.05) is 17.1 Å². The van der Waals surface area contributed by atoms with Gasteiger partial charge in [-0.15, -0.1) is 11.3 Å². The topological polar surface area (TPSA) is 93.1 Å². The largest absolute Gasteiger partial charge is 0.346 e. The number of nitrogens with one attached hydrogen (secondary N) is 2. The lowest BCUT2D eigenvalue weighted by Crippen LogP contribution is -2.34. The molecule has 2 N–H and O–H groups in total. The summed E-state index contributed by atoms with van der Waals surface area (Å²) in [6.07, 6.45) is 3.83. The van der Waals surface area contributed by atoms with Gasteiger partial charge in [-0.25, -0.2) is 4.98 Å². The summed E-state index contributed by atoms with van der Waals surface area (Å²) in [5, 5.41) is 6.81. The van der Waals surface area contributed by atoms with Gasteiger partial charge < -0.3 is 10.6 Å². The number of para-hydroxylation sites is 1. The molecule has 2 heterocycles. The lowest BCUT2D eigenvalue weighted by molar-refractivity contribution is -0.122. The van der Waals surface area contributed by atoms with E-state index in [-0.39, 0.29) is 29.7 Å². The number of fused-ring (bicyclic) bond motifs is 3. The zero-order valence-electron chi connectivity index (χ0n) is 19.8. The number of nitrogens with zero attached hydrogens (tertiary/aromatic N) is 2. The van der Waals surface area contributed by atoms with Crippen LogP contribution in [0, 0.1) is 5.92 Å². The number of thioether (sulfide) groups is 1. The van der Waals surface area contributed by atoms with Gasteiger partial charge in [-0.05, 0) is 55.7 Å². The van der Waals surface area contributed by atoms with Crippen molar-refractivity contribution in [1.82, 2.24) is 14.9 Å². The van der Waals surface area contributed by atoms with Crippen LogP contribution in [0.5, 0.6) is 0 Å². The highest BCUT2D eigenvalue weighted by Gasteiger charge is 2.24. The summed E-state index contributed by atoms with van der Waals surface area (Å²) in [5.74, 6) is 0.154. The molecule has 0 spiro atoms. The maximum atomic E-state index is 13.2. The molecule has 0 aliphatic heterocycles. The second-order valence-electron chi connectivity index (χ2n) is 8.60. The third-order valence-corrected chi connectivity index (χ3v) is 8.27. The molecule has 0 saturated carbocycles. The zero-order chi connectivity index (χ0) is 24.2. The lowest BCUT2D eigenvalue weighted by atomic mass is 9.89. The smallest absolute Gasteiger partial charge is 0.263 e. The van der Waals surface area contributed by atoms with Crippen LogP contribution in [0.25, 0.3) is 10.2 Å². The molecular weight excluding hydrogens is 468 g/mol. The number of rotatable bonds is 8. The van der Waals surface area contributed by atoms with E-state index >= 15 is 0 Å². The van der Waals surface area contributed by atoms with E-state index in [9.17, 15) is 14.4 Å². The number of hydrogen-bond donors (Lipinski definition) is 2. The van der Waals surface area contributed by atoms with Crippen molar-refractivity contribution in [3.8, 4) is 0 Å². The highest BCUT2D eigenvalue weighted by Crippen LogP contribution is 2.36. The summed E-state index contributed by atoms with van der Waals surface area (Å²) in [6.45, 7) is 6.57. The summed E-state index contributed by atoms with van der Waals surface area (Å²) >= 11 is 2.84. The van der Waals surface area contributed by atoms with Crippen molar-refractivity contribution in [3.05, 3.63) is 50.6 Å². The van der Waals surface area contributed by atoms with E-state index in [0.29, 0.717) is 17.6 Å². The molecule has 3 aromatic rings. The second kappa shape index (κ2) is 10.7. The van der Waals surface area contributed by atoms with Crippen LogP contribution in [0.2, 0.25) is 0 Å². The molecule has 1 unspecified atom stereocenters. The minimum atomic E-state index is -0.278. The average molecular weight is 499 g/mol. The van der Waals surface area contributed by atoms with Crippen LogP contribution in [0.4, 0.5) is 5.69 Å². The molecule has 0 fully saturated rings. The molecule has 7 nitrogen and oxygen atoms in total. The first-order chi connectivity index (χ1) is 16.4. The predicted molar refractivity (Wildman–Crippen MR) is 139 cm³/mol. The Morgan fingerprint density at radius 2 is 2.03 bits per heavy atom. The number of carbonyl (C=O) groups is 2. The Bertz CT molecular complexity index is 1280. The summed E-state index contributed by atoms with van der Waals surface area (Å²) in [6, 6.07) is 7.61. The molecule has 1 aromatic carbocycles. The third-order valence-electron chi connectivity index (χ3n) is 6.15. The van der Waals surface area contributed by atoms with Gasteiger partial charge in [0.2, 0.25) is 11.8 Å². The molecule has 2 aromatic heterocycles. The molecule has 4 rings (SSSR count). The van der Waals surface area contributed by atoms with Crippen LogP contribution in [-0.4, -0.2) is 33.7 Å². The van der Waals surface area contributed by atoms with Crippen molar-refractivity contribution in [3.63, 3.8) is 0 Å². The number of thiophene rings is 1. The molecule has 0 saturated heterocycles. The van der Waals surface area contributed by atoms with E-state index in [4.69, 9.17) is 4.98 Å². The molecular formula is C25H30N4O3S2. The Balaban J connectivity index is 1.40. The van der Waals surface area contributed by atoms with Gasteiger partial charge in [-0.2, -0.15) is 0 Å². The maximum Gasteiger partial charge on any atom is 0.263 e. The van der Waals surface area contributed by atoms with Crippen molar-refractivity contribution in [1.29, 1.82) is 0 Å². The molecule has 0 radical (unpaired) electrons. The van der Waals surface area contributed by atoms with Crippen LogP contribution < -0.4 is 16.2 Å². The van der Waals surface area contributed by atoms with Crippen molar-refractivity contribution in [2.45, 2.75) is 58.2 Å². The summed E-state index contributed by atoms with van der Waals surface area (Å²) in [4.78, 5) is 44.7. The first kappa shape index (κ1) is 24.5. The number of carbonyl (C=O) groups excluding carboxylic acids is 2. The molecule has 9 heteroatoms. The number of benzene rings is 1. The summed E-state index contributed by atoms with van der Waals surface area (Å²) in [5.41, 5.74) is 2.96. The first-order valence-corrected chi connectivity index (χ1v) is 13.5. The molecule has 1 aliphatic rings. The zero-order valence-corrected chi connectivity index (χ0v) is 21.4. The van der Waals surface area contributed by atoms with E-state index in [1.54, 1.807) is 15.9 Å². The monoisotopic (exact) mass is 498 g/mol. The highest BCUT2D eigenvalue weighted by atomic mass is 32.2. The normalized spacial score (nSPS) is 15.2. The predicted octanol–water partition coefficient (Wildman–Crippen LogP) is 4.01. The average Bonchev–Trinajstić information content (AvgIpc) is 3.19. The second-order valence-corrected chi connectivity index (χ2v) is 10.6.